The molecule has 0 aliphatic carbocycles. The van der Waals surface area contributed by atoms with Crippen molar-refractivity contribution in [2.45, 2.75) is 13.3 Å². The Kier molecular flexibility index (Phi) is 5.06. The van der Waals surface area contributed by atoms with Gasteiger partial charge in [-0.25, -0.2) is 0 Å². The van der Waals surface area contributed by atoms with Gasteiger partial charge >= 0.3 is 0 Å². The van der Waals surface area contributed by atoms with Crippen LogP contribution >= 0.6 is 0 Å². The molecule has 0 radical (unpaired) electrons. The van der Waals surface area contributed by atoms with Crippen LogP contribution in [0.3, 0.4) is 0 Å². The van der Waals surface area contributed by atoms with Gasteiger partial charge in [-0.2, -0.15) is 0 Å². The normalized spacial score (nSPS) is 16.3. The molecule has 0 saturated heterocycles. The maximum absolute atomic E-state index is 12.0. The van der Waals surface area contributed by atoms with Crippen LogP contribution in [0.1, 0.15) is 12.7 Å². The molecule has 1 atom stereocenters. The summed E-state index contributed by atoms with van der Waals surface area (Å²) in [4.78, 5) is 12.0. The van der Waals surface area contributed by atoms with Crippen LogP contribution < -0.4 is 5.32 Å². The Bertz CT molecular complexity index is 466. The summed E-state index contributed by atoms with van der Waals surface area (Å²) in [6.07, 6.45) is 2.16. The van der Waals surface area contributed by atoms with Gasteiger partial charge in [-0.15, -0.1) is 0 Å². The highest BCUT2D eigenvalue weighted by molar-refractivity contribution is 5.91. The average molecular weight is 281 g/mol. The lowest BCUT2D eigenvalue weighted by Crippen LogP contribution is -2.35. The maximum atomic E-state index is 12.0. The van der Waals surface area contributed by atoms with E-state index in [1.165, 1.54) is 0 Å². The van der Waals surface area contributed by atoms with Crippen molar-refractivity contribution in [2.75, 3.05) is 26.4 Å². The van der Waals surface area contributed by atoms with E-state index in [0.29, 0.717) is 31.9 Å². The Morgan fingerprint density at radius 1 is 1.45 bits per heavy atom. The summed E-state index contributed by atoms with van der Waals surface area (Å²) in [6, 6.07) is 3.64. The number of ether oxygens (including phenoxy) is 2. The molecule has 0 bridgehead atoms. The number of nitrogens with one attached hydrogen (secondary N) is 1. The van der Waals surface area contributed by atoms with Crippen molar-refractivity contribution < 1.29 is 23.8 Å². The molecule has 1 aromatic heterocycles. The van der Waals surface area contributed by atoms with E-state index in [0.717, 1.165) is 5.76 Å². The van der Waals surface area contributed by atoms with Crippen LogP contribution in [0.25, 0.3) is 0 Å². The summed E-state index contributed by atoms with van der Waals surface area (Å²) in [7, 11) is 0. The van der Waals surface area contributed by atoms with Gasteiger partial charge < -0.3 is 24.3 Å². The van der Waals surface area contributed by atoms with Crippen LogP contribution in [0.4, 0.5) is 0 Å². The first-order chi connectivity index (χ1) is 9.70. The lowest BCUT2D eigenvalue weighted by Gasteiger charge is -2.20. The number of hydrogen-bond donors (Lipinski definition) is 2. The molecule has 2 rings (SSSR count). The van der Waals surface area contributed by atoms with Gasteiger partial charge in [0.1, 0.15) is 24.7 Å². The number of aliphatic hydroxyl groups excluding tert-OH is 1. The number of aliphatic hydroxyl groups is 1. The average Bonchev–Trinajstić information content (AvgIpc) is 2.96. The fourth-order valence-electron chi connectivity index (χ4n) is 1.96. The second-order valence-electron chi connectivity index (χ2n) is 4.62. The minimum absolute atomic E-state index is 0.0314. The topological polar surface area (TPSA) is 80.9 Å². The van der Waals surface area contributed by atoms with Gasteiger partial charge in [0.25, 0.3) is 5.91 Å². The minimum Gasteiger partial charge on any atom is -0.491 e. The molecule has 20 heavy (non-hydrogen) atoms. The SMILES string of the molecule is CC1=C(C(=O)NCC(CO)Cc2ccco2)OCCO1. The predicted octanol–water partition coefficient (Wildman–Crippen LogP) is 0.825. The zero-order valence-electron chi connectivity index (χ0n) is 11.4. The van der Waals surface area contributed by atoms with Crippen molar-refractivity contribution in [3.63, 3.8) is 0 Å². The molecule has 1 unspecified atom stereocenters. The molecule has 0 aromatic carbocycles. The van der Waals surface area contributed by atoms with Crippen LogP contribution in [-0.4, -0.2) is 37.4 Å². The molecule has 2 N–H and O–H groups in total. The molecule has 0 saturated carbocycles. The zero-order chi connectivity index (χ0) is 14.4. The third kappa shape index (κ3) is 3.77. The van der Waals surface area contributed by atoms with E-state index in [1.807, 2.05) is 6.07 Å². The number of carbonyl (C=O) groups is 1. The Labute approximate surface area is 117 Å². The highest BCUT2D eigenvalue weighted by atomic mass is 16.6. The number of hydrogen-bond acceptors (Lipinski definition) is 5. The minimum atomic E-state index is -0.319. The van der Waals surface area contributed by atoms with Gasteiger partial charge in [0.05, 0.1) is 6.26 Å². The fraction of sp³-hybridized carbons (Fsp3) is 0.500. The Hall–Kier alpha value is -1.95. The summed E-state index contributed by atoms with van der Waals surface area (Å²) >= 11 is 0. The van der Waals surface area contributed by atoms with E-state index >= 15 is 0 Å². The van der Waals surface area contributed by atoms with Gasteiger partial charge in [-0.1, -0.05) is 0 Å². The zero-order valence-corrected chi connectivity index (χ0v) is 11.4. The van der Waals surface area contributed by atoms with Crippen molar-refractivity contribution in [1.82, 2.24) is 5.32 Å². The second kappa shape index (κ2) is 7.00. The predicted molar refractivity (Wildman–Crippen MR) is 70.6 cm³/mol. The molecular formula is C14H19NO5. The van der Waals surface area contributed by atoms with Gasteiger partial charge in [0.15, 0.2) is 0 Å². The number of allylic oxidation sites excluding steroid dienone is 1. The van der Waals surface area contributed by atoms with E-state index in [2.05, 4.69) is 5.32 Å². The van der Waals surface area contributed by atoms with Crippen LogP contribution in [0.5, 0.6) is 0 Å². The number of rotatable bonds is 6. The van der Waals surface area contributed by atoms with E-state index in [4.69, 9.17) is 13.9 Å². The number of amides is 1. The molecule has 0 spiro atoms. The maximum Gasteiger partial charge on any atom is 0.289 e. The van der Waals surface area contributed by atoms with Gasteiger partial charge in [-0.05, 0) is 19.1 Å². The fourth-order valence-corrected chi connectivity index (χ4v) is 1.96. The molecular weight excluding hydrogens is 262 g/mol. The first kappa shape index (κ1) is 14.5. The third-order valence-electron chi connectivity index (χ3n) is 3.05. The summed E-state index contributed by atoms with van der Waals surface area (Å²) in [6.45, 7) is 2.84. The molecule has 0 fully saturated rings. The van der Waals surface area contributed by atoms with Gasteiger partial charge in [0, 0.05) is 25.5 Å². The molecule has 1 aliphatic heterocycles. The molecule has 1 amide bonds. The second-order valence-corrected chi connectivity index (χ2v) is 4.62. The molecule has 6 nitrogen and oxygen atoms in total. The van der Waals surface area contributed by atoms with Gasteiger partial charge in [-0.3, -0.25) is 4.79 Å². The molecule has 1 aromatic rings. The molecule has 6 heteroatoms. The Morgan fingerprint density at radius 2 is 2.25 bits per heavy atom. The van der Waals surface area contributed by atoms with Crippen molar-refractivity contribution in [3.05, 3.63) is 35.7 Å². The summed E-state index contributed by atoms with van der Waals surface area (Å²) < 4.78 is 15.8. The third-order valence-corrected chi connectivity index (χ3v) is 3.05. The lowest BCUT2D eigenvalue weighted by atomic mass is 10.1. The van der Waals surface area contributed by atoms with E-state index in [-0.39, 0.29) is 24.2 Å². The van der Waals surface area contributed by atoms with Crippen molar-refractivity contribution in [3.8, 4) is 0 Å². The number of carbonyl (C=O) groups excluding carboxylic acids is 1. The molecule has 2 heterocycles. The van der Waals surface area contributed by atoms with Crippen molar-refractivity contribution in [1.29, 1.82) is 0 Å². The standard InChI is InChI=1S/C14H19NO5/c1-10-13(20-6-5-18-10)14(17)15-8-11(9-16)7-12-3-2-4-19-12/h2-4,11,16H,5-9H2,1H3,(H,15,17). The largest absolute Gasteiger partial charge is 0.491 e. The van der Waals surface area contributed by atoms with Crippen LogP contribution in [0.2, 0.25) is 0 Å². The van der Waals surface area contributed by atoms with E-state index < -0.39 is 0 Å². The van der Waals surface area contributed by atoms with Gasteiger partial charge in [0.2, 0.25) is 5.76 Å². The van der Waals surface area contributed by atoms with E-state index in [9.17, 15) is 9.90 Å². The summed E-state index contributed by atoms with van der Waals surface area (Å²) in [5.74, 6) is 1.06. The van der Waals surface area contributed by atoms with Crippen molar-refractivity contribution >= 4 is 5.91 Å². The Morgan fingerprint density at radius 3 is 2.90 bits per heavy atom. The van der Waals surface area contributed by atoms with Crippen LogP contribution in [0, 0.1) is 5.92 Å². The van der Waals surface area contributed by atoms with Crippen LogP contribution in [-0.2, 0) is 20.7 Å². The van der Waals surface area contributed by atoms with Crippen molar-refractivity contribution in [2.24, 2.45) is 5.92 Å². The first-order valence-electron chi connectivity index (χ1n) is 6.58. The summed E-state index contributed by atoms with van der Waals surface area (Å²) in [5, 5.41) is 12.1. The monoisotopic (exact) mass is 281 g/mol. The highest BCUT2D eigenvalue weighted by Crippen LogP contribution is 2.13. The highest BCUT2D eigenvalue weighted by Gasteiger charge is 2.20. The quantitative estimate of drug-likeness (QED) is 0.807. The summed E-state index contributed by atoms with van der Waals surface area (Å²) in [5.41, 5.74) is 0. The molecule has 1 aliphatic rings. The Balaban J connectivity index is 1.85. The van der Waals surface area contributed by atoms with Crippen LogP contribution in [0.15, 0.2) is 34.3 Å². The first-order valence-corrected chi connectivity index (χ1v) is 6.58. The molecule has 110 valence electrons. The van der Waals surface area contributed by atoms with E-state index in [1.54, 1.807) is 19.3 Å². The lowest BCUT2D eigenvalue weighted by molar-refractivity contribution is -0.123. The number of furan rings is 1. The smallest absolute Gasteiger partial charge is 0.289 e.